The Balaban J connectivity index is 3.22. The number of rotatable bonds is 4. The predicted octanol–water partition coefficient (Wildman–Crippen LogP) is 0.376. The minimum Gasteiger partial charge on any atom is -0.481 e. The molecule has 0 atom stereocenters. The van der Waals surface area contributed by atoms with Gasteiger partial charge in [0.25, 0.3) is 10.0 Å². The summed E-state index contributed by atoms with van der Waals surface area (Å²) in [5, 5.41) is 11.1. The van der Waals surface area contributed by atoms with Crippen LogP contribution in [0, 0.1) is 0 Å². The molecule has 0 aromatic carbocycles. The maximum atomic E-state index is 11.6. The fourth-order valence-electron chi connectivity index (χ4n) is 1.16. The largest absolute Gasteiger partial charge is 0.481 e. The molecule has 0 aliphatic carbocycles. The third-order valence-electron chi connectivity index (χ3n) is 1.76. The number of nitrogens with zero attached hydrogens (tertiary/aromatic N) is 1. The zero-order valence-electron chi connectivity index (χ0n) is 8.30. The summed E-state index contributed by atoms with van der Waals surface area (Å²) in [6.45, 7) is 6.78. The molecule has 0 amide bonds. The highest BCUT2D eigenvalue weighted by Gasteiger charge is 2.25. The minimum atomic E-state index is -3.88. The summed E-state index contributed by atoms with van der Waals surface area (Å²) in [6.07, 6.45) is 1.90. The summed E-state index contributed by atoms with van der Waals surface area (Å²) < 4.78 is 26.5. The Labute approximate surface area is 92.7 Å². The molecule has 0 radical (unpaired) electrons. The smallest absolute Gasteiger partial charge is 0.311 e. The second kappa shape index (κ2) is 4.31. The quantitative estimate of drug-likeness (QED) is 0.742. The van der Waals surface area contributed by atoms with E-state index in [-0.39, 0.29) is 16.4 Å². The Hall–Kier alpha value is -1.89. The van der Waals surface area contributed by atoms with E-state index in [4.69, 9.17) is 5.11 Å². The Morgan fingerprint density at radius 1 is 1.44 bits per heavy atom. The van der Waals surface area contributed by atoms with E-state index in [0.717, 1.165) is 6.08 Å². The third kappa shape index (κ3) is 2.37. The van der Waals surface area contributed by atoms with Crippen LogP contribution in [0.4, 0.5) is 0 Å². The standard InChI is InChI=1S/C9H10N2O4S/c1-3-6-7(4-2)16(14,15)11-8(10-6)5-9(12)13/h3-4H,1-2,5H2,(H,10,11)(H,12,13). The van der Waals surface area contributed by atoms with Crippen molar-refractivity contribution >= 4 is 21.8 Å². The molecular weight excluding hydrogens is 232 g/mol. The van der Waals surface area contributed by atoms with Crippen molar-refractivity contribution in [3.63, 3.8) is 0 Å². The molecule has 0 bridgehead atoms. The highest BCUT2D eigenvalue weighted by Crippen LogP contribution is 2.19. The van der Waals surface area contributed by atoms with E-state index in [1.165, 1.54) is 6.08 Å². The number of carboxylic acids is 1. The Bertz CT molecular complexity index is 514. The number of carbonyl (C=O) groups is 1. The van der Waals surface area contributed by atoms with Crippen LogP contribution in [0.3, 0.4) is 0 Å². The maximum absolute atomic E-state index is 11.6. The lowest BCUT2D eigenvalue weighted by atomic mass is 10.3. The van der Waals surface area contributed by atoms with Crippen molar-refractivity contribution < 1.29 is 18.3 Å². The Kier molecular flexibility index (Phi) is 3.28. The molecule has 0 fully saturated rings. The molecule has 0 spiro atoms. The first-order valence-electron chi connectivity index (χ1n) is 4.22. The molecular formula is C9H10N2O4S. The number of hydrogen-bond donors (Lipinski definition) is 2. The van der Waals surface area contributed by atoms with Gasteiger partial charge in [0.1, 0.15) is 17.2 Å². The first-order valence-corrected chi connectivity index (χ1v) is 5.66. The number of carboxylic acid groups (broad SMARTS) is 1. The molecule has 0 saturated carbocycles. The van der Waals surface area contributed by atoms with Gasteiger partial charge in [-0.25, -0.2) is 0 Å². The molecule has 0 unspecified atom stereocenters. The molecule has 86 valence electrons. The van der Waals surface area contributed by atoms with Gasteiger partial charge in [0, 0.05) is 0 Å². The molecule has 0 aromatic rings. The van der Waals surface area contributed by atoms with Gasteiger partial charge in [0.2, 0.25) is 0 Å². The number of amidine groups is 1. The van der Waals surface area contributed by atoms with Crippen LogP contribution in [0.2, 0.25) is 0 Å². The SMILES string of the molecule is C=CC1=C(C=C)S(=O)(=O)N=C(CC(=O)O)N1. The average molecular weight is 242 g/mol. The van der Waals surface area contributed by atoms with Crippen molar-refractivity contribution in [2.75, 3.05) is 0 Å². The van der Waals surface area contributed by atoms with Gasteiger partial charge in [0.15, 0.2) is 0 Å². The second-order valence-electron chi connectivity index (χ2n) is 2.89. The van der Waals surface area contributed by atoms with Crippen LogP contribution in [0.5, 0.6) is 0 Å². The monoisotopic (exact) mass is 242 g/mol. The van der Waals surface area contributed by atoms with E-state index in [0.29, 0.717) is 0 Å². The molecule has 1 rings (SSSR count). The van der Waals surface area contributed by atoms with Gasteiger partial charge in [-0.2, -0.15) is 8.42 Å². The Morgan fingerprint density at radius 3 is 2.50 bits per heavy atom. The Morgan fingerprint density at radius 2 is 2.06 bits per heavy atom. The molecule has 1 aliphatic heterocycles. The molecule has 1 aliphatic rings. The molecule has 7 heteroatoms. The molecule has 2 N–H and O–H groups in total. The van der Waals surface area contributed by atoms with E-state index in [2.05, 4.69) is 22.9 Å². The lowest BCUT2D eigenvalue weighted by molar-refractivity contribution is -0.135. The van der Waals surface area contributed by atoms with Crippen LogP contribution in [0.15, 0.2) is 40.3 Å². The third-order valence-corrected chi connectivity index (χ3v) is 3.16. The lowest BCUT2D eigenvalue weighted by Gasteiger charge is -2.16. The predicted molar refractivity (Wildman–Crippen MR) is 59.2 cm³/mol. The number of sulfonamides is 1. The van der Waals surface area contributed by atoms with Crippen molar-refractivity contribution in [3.8, 4) is 0 Å². The normalized spacial score (nSPS) is 18.4. The van der Waals surface area contributed by atoms with E-state index in [1.807, 2.05) is 0 Å². The van der Waals surface area contributed by atoms with E-state index in [9.17, 15) is 13.2 Å². The van der Waals surface area contributed by atoms with Crippen molar-refractivity contribution in [1.29, 1.82) is 0 Å². The second-order valence-corrected chi connectivity index (χ2v) is 4.47. The number of nitrogens with one attached hydrogen (secondary N) is 1. The molecule has 1 heterocycles. The molecule has 0 aromatic heterocycles. The van der Waals surface area contributed by atoms with Crippen LogP contribution in [-0.4, -0.2) is 25.3 Å². The van der Waals surface area contributed by atoms with Crippen LogP contribution in [-0.2, 0) is 14.8 Å². The van der Waals surface area contributed by atoms with Crippen molar-refractivity contribution in [3.05, 3.63) is 35.9 Å². The minimum absolute atomic E-state index is 0.114. The van der Waals surface area contributed by atoms with Gasteiger partial charge in [-0.1, -0.05) is 13.2 Å². The van der Waals surface area contributed by atoms with Crippen molar-refractivity contribution in [2.24, 2.45) is 4.40 Å². The molecule has 6 nitrogen and oxygen atoms in total. The summed E-state index contributed by atoms with van der Waals surface area (Å²) in [7, 11) is -3.88. The zero-order chi connectivity index (χ0) is 12.3. The first-order chi connectivity index (χ1) is 7.40. The maximum Gasteiger partial charge on any atom is 0.311 e. The summed E-state index contributed by atoms with van der Waals surface area (Å²) in [6, 6.07) is 0. The summed E-state index contributed by atoms with van der Waals surface area (Å²) in [5.41, 5.74) is 0.182. The fraction of sp³-hybridized carbons (Fsp3) is 0.111. The first kappa shape index (κ1) is 12.2. The number of allylic oxidation sites excluding steroid dienone is 2. The molecule has 16 heavy (non-hydrogen) atoms. The zero-order valence-corrected chi connectivity index (χ0v) is 9.12. The number of hydrogen-bond acceptors (Lipinski definition) is 4. The van der Waals surface area contributed by atoms with Gasteiger partial charge in [0.05, 0.1) is 5.70 Å². The fourth-order valence-corrected chi connectivity index (χ4v) is 2.28. The van der Waals surface area contributed by atoms with Crippen LogP contribution in [0.25, 0.3) is 0 Å². The highest BCUT2D eigenvalue weighted by atomic mass is 32.2. The van der Waals surface area contributed by atoms with E-state index < -0.39 is 22.4 Å². The van der Waals surface area contributed by atoms with Gasteiger partial charge < -0.3 is 10.4 Å². The van der Waals surface area contributed by atoms with Crippen molar-refractivity contribution in [2.45, 2.75) is 6.42 Å². The topological polar surface area (TPSA) is 95.8 Å². The van der Waals surface area contributed by atoms with E-state index >= 15 is 0 Å². The van der Waals surface area contributed by atoms with Gasteiger partial charge in [-0.3, -0.25) is 4.79 Å². The van der Waals surface area contributed by atoms with Gasteiger partial charge in [-0.15, -0.1) is 4.40 Å². The van der Waals surface area contributed by atoms with E-state index in [1.54, 1.807) is 0 Å². The average Bonchev–Trinajstić information content (AvgIpc) is 2.14. The number of aliphatic carboxylic acids is 1. The summed E-state index contributed by atoms with van der Waals surface area (Å²) in [5.74, 6) is -1.32. The van der Waals surface area contributed by atoms with Crippen molar-refractivity contribution in [1.82, 2.24) is 5.32 Å². The van der Waals surface area contributed by atoms with Gasteiger partial charge >= 0.3 is 5.97 Å². The van der Waals surface area contributed by atoms with Crippen LogP contribution >= 0.6 is 0 Å². The van der Waals surface area contributed by atoms with Crippen LogP contribution in [0.1, 0.15) is 6.42 Å². The van der Waals surface area contributed by atoms with Gasteiger partial charge in [-0.05, 0) is 12.2 Å². The summed E-state index contributed by atoms with van der Waals surface area (Å²) >= 11 is 0. The summed E-state index contributed by atoms with van der Waals surface area (Å²) in [4.78, 5) is 10.3. The molecule has 0 saturated heterocycles. The lowest BCUT2D eigenvalue weighted by Crippen LogP contribution is -2.31. The highest BCUT2D eigenvalue weighted by molar-refractivity contribution is 7.94. The van der Waals surface area contributed by atoms with Crippen LogP contribution < -0.4 is 5.32 Å².